The van der Waals surface area contributed by atoms with Crippen molar-refractivity contribution in [1.82, 2.24) is 4.98 Å². The van der Waals surface area contributed by atoms with E-state index < -0.39 is 5.97 Å². The summed E-state index contributed by atoms with van der Waals surface area (Å²) < 4.78 is 5.43. The predicted molar refractivity (Wildman–Crippen MR) is 64.8 cm³/mol. The number of ether oxygens (including phenoxy) is 1. The number of hydrogen-bond donors (Lipinski definition) is 2. The molecule has 98 valence electrons. The molecule has 2 N–H and O–H groups in total. The molecule has 1 aromatic heterocycles. The summed E-state index contributed by atoms with van der Waals surface area (Å²) in [7, 11) is 0. The van der Waals surface area contributed by atoms with Gasteiger partial charge in [0.15, 0.2) is 0 Å². The number of aliphatic hydroxyl groups is 1. The Kier molecular flexibility index (Phi) is 3.78. The van der Waals surface area contributed by atoms with Gasteiger partial charge in [-0.25, -0.2) is 9.78 Å². The van der Waals surface area contributed by atoms with Gasteiger partial charge in [-0.15, -0.1) is 0 Å². The number of morpholine rings is 1. The quantitative estimate of drug-likeness (QED) is 0.808. The number of rotatable bonds is 3. The summed E-state index contributed by atoms with van der Waals surface area (Å²) in [6.45, 7) is 2.92. The van der Waals surface area contributed by atoms with Crippen molar-refractivity contribution >= 4 is 11.8 Å². The van der Waals surface area contributed by atoms with Crippen molar-refractivity contribution in [2.75, 3.05) is 24.7 Å². The smallest absolute Gasteiger partial charge is 0.335 e. The van der Waals surface area contributed by atoms with E-state index in [1.165, 1.54) is 12.3 Å². The molecular formula is C12H16N2O4. The second-order valence-corrected chi connectivity index (χ2v) is 4.35. The van der Waals surface area contributed by atoms with Crippen LogP contribution in [0, 0.1) is 0 Å². The van der Waals surface area contributed by atoms with Crippen molar-refractivity contribution in [2.45, 2.75) is 19.1 Å². The Balaban J connectivity index is 2.23. The second-order valence-electron chi connectivity index (χ2n) is 4.35. The topological polar surface area (TPSA) is 82.9 Å². The van der Waals surface area contributed by atoms with Crippen LogP contribution in [0.3, 0.4) is 0 Å². The van der Waals surface area contributed by atoms with Gasteiger partial charge in [0.2, 0.25) is 0 Å². The first-order chi connectivity index (χ1) is 8.61. The van der Waals surface area contributed by atoms with Crippen molar-refractivity contribution in [1.29, 1.82) is 0 Å². The van der Waals surface area contributed by atoms with Crippen LogP contribution in [-0.4, -0.2) is 53.1 Å². The molecule has 18 heavy (non-hydrogen) atoms. The lowest BCUT2D eigenvalue weighted by Crippen LogP contribution is -2.50. The average Bonchev–Trinajstić information content (AvgIpc) is 2.39. The van der Waals surface area contributed by atoms with Crippen LogP contribution in [0.1, 0.15) is 17.3 Å². The molecule has 2 atom stereocenters. The molecule has 2 rings (SSSR count). The number of anilines is 1. The van der Waals surface area contributed by atoms with Crippen LogP contribution in [-0.2, 0) is 4.74 Å². The summed E-state index contributed by atoms with van der Waals surface area (Å²) in [6, 6.07) is 3.10. The summed E-state index contributed by atoms with van der Waals surface area (Å²) in [6.07, 6.45) is 1.23. The zero-order chi connectivity index (χ0) is 13.1. The highest BCUT2D eigenvalue weighted by Gasteiger charge is 2.26. The van der Waals surface area contributed by atoms with E-state index in [1.54, 1.807) is 6.07 Å². The summed E-state index contributed by atoms with van der Waals surface area (Å²) in [5.41, 5.74) is 0.208. The molecule has 6 nitrogen and oxygen atoms in total. The maximum atomic E-state index is 10.9. The SMILES string of the molecule is CC1COC(CO)CN1c1cc(C(=O)O)ccn1. The number of carboxylic acids is 1. The highest BCUT2D eigenvalue weighted by atomic mass is 16.5. The molecule has 0 amide bonds. The molecule has 1 aromatic rings. The Morgan fingerprint density at radius 3 is 3.11 bits per heavy atom. The number of aliphatic hydroxyl groups excluding tert-OH is 1. The van der Waals surface area contributed by atoms with Crippen molar-refractivity contribution in [3.05, 3.63) is 23.9 Å². The Hall–Kier alpha value is -1.66. The van der Waals surface area contributed by atoms with Crippen LogP contribution in [0.5, 0.6) is 0 Å². The van der Waals surface area contributed by atoms with Gasteiger partial charge in [-0.05, 0) is 19.1 Å². The van der Waals surface area contributed by atoms with Gasteiger partial charge in [0.1, 0.15) is 5.82 Å². The van der Waals surface area contributed by atoms with Crippen LogP contribution in [0.15, 0.2) is 18.3 Å². The van der Waals surface area contributed by atoms with Crippen LogP contribution >= 0.6 is 0 Å². The fourth-order valence-electron chi connectivity index (χ4n) is 1.96. The van der Waals surface area contributed by atoms with Gasteiger partial charge < -0.3 is 19.8 Å². The van der Waals surface area contributed by atoms with E-state index in [9.17, 15) is 4.79 Å². The van der Waals surface area contributed by atoms with Crippen LogP contribution in [0.2, 0.25) is 0 Å². The zero-order valence-corrected chi connectivity index (χ0v) is 10.1. The number of hydrogen-bond acceptors (Lipinski definition) is 5. The third-order valence-corrected chi connectivity index (χ3v) is 3.00. The van der Waals surface area contributed by atoms with Crippen LogP contribution in [0.25, 0.3) is 0 Å². The largest absolute Gasteiger partial charge is 0.478 e. The molecule has 6 heteroatoms. The number of carboxylic acid groups (broad SMARTS) is 1. The number of aromatic nitrogens is 1. The zero-order valence-electron chi connectivity index (χ0n) is 10.1. The summed E-state index contributed by atoms with van der Waals surface area (Å²) in [5, 5.41) is 18.1. The monoisotopic (exact) mass is 252 g/mol. The lowest BCUT2D eigenvalue weighted by atomic mass is 10.2. The molecule has 0 saturated carbocycles. The van der Waals surface area contributed by atoms with Gasteiger partial charge in [-0.1, -0.05) is 0 Å². The van der Waals surface area contributed by atoms with Crippen molar-refractivity contribution < 1.29 is 19.7 Å². The average molecular weight is 252 g/mol. The predicted octanol–water partition coefficient (Wildman–Crippen LogP) is 0.366. The number of pyridine rings is 1. The maximum Gasteiger partial charge on any atom is 0.335 e. The highest BCUT2D eigenvalue weighted by molar-refractivity contribution is 5.88. The summed E-state index contributed by atoms with van der Waals surface area (Å²) >= 11 is 0. The first-order valence-corrected chi connectivity index (χ1v) is 5.80. The molecule has 2 heterocycles. The van der Waals surface area contributed by atoms with Crippen molar-refractivity contribution in [3.63, 3.8) is 0 Å². The fourth-order valence-corrected chi connectivity index (χ4v) is 1.96. The van der Waals surface area contributed by atoms with E-state index in [4.69, 9.17) is 14.9 Å². The first kappa shape index (κ1) is 12.8. The fraction of sp³-hybridized carbons (Fsp3) is 0.500. The van der Waals surface area contributed by atoms with Crippen molar-refractivity contribution in [2.24, 2.45) is 0 Å². The van der Waals surface area contributed by atoms with Gasteiger partial charge in [-0.3, -0.25) is 0 Å². The van der Waals surface area contributed by atoms with E-state index in [-0.39, 0.29) is 24.3 Å². The molecule has 0 aromatic carbocycles. The van der Waals surface area contributed by atoms with Crippen molar-refractivity contribution in [3.8, 4) is 0 Å². The molecule has 1 fully saturated rings. The minimum absolute atomic E-state index is 0.0537. The molecule has 2 unspecified atom stereocenters. The third kappa shape index (κ3) is 2.60. The minimum Gasteiger partial charge on any atom is -0.478 e. The van der Waals surface area contributed by atoms with E-state index in [1.807, 2.05) is 11.8 Å². The van der Waals surface area contributed by atoms with E-state index in [0.29, 0.717) is 19.0 Å². The van der Waals surface area contributed by atoms with Gasteiger partial charge in [-0.2, -0.15) is 0 Å². The molecule has 0 aliphatic carbocycles. The molecule has 1 aliphatic rings. The highest BCUT2D eigenvalue weighted by Crippen LogP contribution is 2.20. The molecule has 0 bridgehead atoms. The van der Waals surface area contributed by atoms with Crippen LogP contribution < -0.4 is 4.90 Å². The van der Waals surface area contributed by atoms with Gasteiger partial charge in [0.25, 0.3) is 0 Å². The van der Waals surface area contributed by atoms with Crippen LogP contribution in [0.4, 0.5) is 5.82 Å². The van der Waals surface area contributed by atoms with Gasteiger partial charge >= 0.3 is 5.97 Å². The normalized spacial score (nSPS) is 24.0. The number of aromatic carboxylic acids is 1. The molecule has 1 saturated heterocycles. The number of carbonyl (C=O) groups is 1. The minimum atomic E-state index is -0.974. The Morgan fingerprint density at radius 1 is 1.67 bits per heavy atom. The molecule has 0 spiro atoms. The Bertz CT molecular complexity index is 438. The van der Waals surface area contributed by atoms with E-state index in [2.05, 4.69) is 4.98 Å². The first-order valence-electron chi connectivity index (χ1n) is 5.80. The summed E-state index contributed by atoms with van der Waals surface area (Å²) in [5.74, 6) is -0.373. The Morgan fingerprint density at radius 2 is 2.44 bits per heavy atom. The standard InChI is InChI=1S/C12H16N2O4/c1-8-7-18-10(6-15)5-14(8)11-4-9(12(16)17)2-3-13-11/h2-4,8,10,15H,5-7H2,1H3,(H,16,17). The second kappa shape index (κ2) is 5.32. The lowest BCUT2D eigenvalue weighted by Gasteiger charge is -2.38. The van der Waals surface area contributed by atoms with Gasteiger partial charge in [0, 0.05) is 12.7 Å². The van der Waals surface area contributed by atoms with E-state index >= 15 is 0 Å². The van der Waals surface area contributed by atoms with E-state index in [0.717, 1.165) is 0 Å². The molecule has 1 aliphatic heterocycles. The molecule has 0 radical (unpaired) electrons. The summed E-state index contributed by atoms with van der Waals surface area (Å²) in [4.78, 5) is 17.1. The lowest BCUT2D eigenvalue weighted by molar-refractivity contribution is -0.0105. The Labute approximate surface area is 105 Å². The third-order valence-electron chi connectivity index (χ3n) is 3.00. The maximum absolute atomic E-state index is 10.9. The number of nitrogens with zero attached hydrogens (tertiary/aromatic N) is 2. The van der Waals surface area contributed by atoms with Gasteiger partial charge in [0.05, 0.1) is 30.9 Å². The molecular weight excluding hydrogens is 236 g/mol.